The van der Waals surface area contributed by atoms with E-state index in [9.17, 15) is 0 Å². The summed E-state index contributed by atoms with van der Waals surface area (Å²) < 4.78 is 0. The quantitative estimate of drug-likeness (QED) is 0.485. The van der Waals surface area contributed by atoms with Crippen LogP contribution in [0, 0.1) is 0 Å². The van der Waals surface area contributed by atoms with Crippen LogP contribution in [0.15, 0.2) is 24.3 Å². The molecule has 0 fully saturated rings. The standard InChI is InChI=1S/C6H4.C2H4O/c1-2-6-4-3-5(1)6;1-2-3/h1-4H;2H,1H3. The first-order chi connectivity index (χ1) is 4.38. The first kappa shape index (κ1) is 6.02. The van der Waals surface area contributed by atoms with Crippen molar-refractivity contribution in [1.29, 1.82) is 0 Å². The van der Waals surface area contributed by atoms with Crippen molar-refractivity contribution in [1.82, 2.24) is 0 Å². The first-order valence-corrected chi connectivity index (χ1v) is 2.88. The molecule has 0 atom stereocenters. The fourth-order valence-corrected chi connectivity index (χ4v) is 0.663. The van der Waals surface area contributed by atoms with Crippen molar-refractivity contribution < 1.29 is 4.79 Å². The van der Waals surface area contributed by atoms with Gasteiger partial charge in [-0.2, -0.15) is 0 Å². The number of benzene rings is 1. The zero-order valence-electron chi connectivity index (χ0n) is 5.29. The molecule has 9 heavy (non-hydrogen) atoms. The van der Waals surface area contributed by atoms with Gasteiger partial charge < -0.3 is 4.79 Å². The van der Waals surface area contributed by atoms with Gasteiger partial charge in [-0.15, -0.1) is 0 Å². The van der Waals surface area contributed by atoms with E-state index >= 15 is 0 Å². The fourth-order valence-electron chi connectivity index (χ4n) is 0.663. The summed E-state index contributed by atoms with van der Waals surface area (Å²) in [4.78, 5) is 8.81. The topological polar surface area (TPSA) is 17.1 Å². The Labute approximate surface area is 54.3 Å². The van der Waals surface area contributed by atoms with Crippen molar-refractivity contribution in [3.8, 4) is 11.1 Å². The molecule has 0 radical (unpaired) electrons. The van der Waals surface area contributed by atoms with Crippen molar-refractivity contribution in [3.05, 3.63) is 24.3 Å². The Kier molecular flexibility index (Phi) is 1.63. The van der Waals surface area contributed by atoms with Crippen LogP contribution in [0.5, 0.6) is 0 Å². The van der Waals surface area contributed by atoms with Crippen molar-refractivity contribution in [2.75, 3.05) is 0 Å². The largest absolute Gasteiger partial charge is 0.304 e. The number of hydrogen-bond acceptors (Lipinski definition) is 1. The van der Waals surface area contributed by atoms with E-state index in [1.54, 1.807) is 0 Å². The van der Waals surface area contributed by atoms with Crippen molar-refractivity contribution in [2.24, 2.45) is 0 Å². The Morgan fingerprint density at radius 1 is 1.11 bits per heavy atom. The van der Waals surface area contributed by atoms with Crippen LogP contribution in [-0.2, 0) is 4.79 Å². The molecule has 0 aromatic rings. The molecular weight excluding hydrogens is 112 g/mol. The zero-order valence-corrected chi connectivity index (χ0v) is 5.29. The van der Waals surface area contributed by atoms with E-state index < -0.39 is 0 Å². The maximum atomic E-state index is 8.81. The van der Waals surface area contributed by atoms with Crippen LogP contribution in [-0.4, -0.2) is 6.29 Å². The molecule has 0 aliphatic heterocycles. The van der Waals surface area contributed by atoms with Gasteiger partial charge in [-0.05, 0) is 18.1 Å². The third-order valence-corrected chi connectivity index (χ3v) is 1.22. The van der Waals surface area contributed by atoms with Gasteiger partial charge in [0.2, 0.25) is 0 Å². The van der Waals surface area contributed by atoms with Gasteiger partial charge in [0.1, 0.15) is 6.29 Å². The normalized spacial score (nSPS) is 9.00. The zero-order chi connectivity index (χ0) is 6.69. The minimum absolute atomic E-state index is 0.750. The molecule has 0 saturated heterocycles. The summed E-state index contributed by atoms with van der Waals surface area (Å²) in [7, 11) is 0. The monoisotopic (exact) mass is 120 g/mol. The lowest BCUT2D eigenvalue weighted by Crippen LogP contribution is -1.85. The van der Waals surface area contributed by atoms with E-state index in [1.165, 1.54) is 18.1 Å². The molecule has 0 spiro atoms. The number of hydrogen-bond donors (Lipinski definition) is 0. The van der Waals surface area contributed by atoms with Gasteiger partial charge in [-0.3, -0.25) is 0 Å². The molecule has 0 N–H and O–H groups in total. The maximum absolute atomic E-state index is 8.81. The van der Waals surface area contributed by atoms with Crippen LogP contribution in [0.1, 0.15) is 6.92 Å². The second-order valence-corrected chi connectivity index (χ2v) is 1.81. The highest BCUT2D eigenvalue weighted by atomic mass is 16.1. The van der Waals surface area contributed by atoms with Crippen LogP contribution in [0.3, 0.4) is 0 Å². The molecule has 0 bridgehead atoms. The summed E-state index contributed by atoms with van der Waals surface area (Å²) in [5, 5.41) is 0. The van der Waals surface area contributed by atoms with Crippen molar-refractivity contribution >= 4 is 6.29 Å². The summed E-state index contributed by atoms with van der Waals surface area (Å²) in [5.74, 6) is 0. The average molecular weight is 120 g/mol. The van der Waals surface area contributed by atoms with E-state index in [0.717, 1.165) is 6.29 Å². The van der Waals surface area contributed by atoms with Crippen LogP contribution in [0.25, 0.3) is 11.1 Å². The minimum Gasteiger partial charge on any atom is -0.304 e. The van der Waals surface area contributed by atoms with E-state index in [4.69, 9.17) is 4.79 Å². The maximum Gasteiger partial charge on any atom is 0.116 e. The Balaban J connectivity index is 0.000000120. The second-order valence-electron chi connectivity index (χ2n) is 1.81. The van der Waals surface area contributed by atoms with Gasteiger partial charge in [-0.25, -0.2) is 0 Å². The lowest BCUT2D eigenvalue weighted by molar-refractivity contribution is -0.106. The highest BCUT2D eigenvalue weighted by molar-refractivity contribution is 5.75. The van der Waals surface area contributed by atoms with Gasteiger partial charge in [0.15, 0.2) is 0 Å². The highest BCUT2D eigenvalue weighted by Gasteiger charge is 2.03. The lowest BCUT2D eigenvalue weighted by Gasteiger charge is -2.10. The van der Waals surface area contributed by atoms with E-state index in [0.29, 0.717) is 0 Å². The molecule has 0 unspecified atom stereocenters. The number of fused-ring (bicyclic) bond motifs is 1. The number of rotatable bonds is 0. The van der Waals surface area contributed by atoms with E-state index in [-0.39, 0.29) is 0 Å². The Morgan fingerprint density at radius 2 is 1.33 bits per heavy atom. The Hall–Kier alpha value is -1.11. The molecule has 2 aliphatic carbocycles. The molecule has 2 aliphatic rings. The molecule has 46 valence electrons. The summed E-state index contributed by atoms with van der Waals surface area (Å²) in [6.45, 7) is 1.44. The smallest absolute Gasteiger partial charge is 0.116 e. The van der Waals surface area contributed by atoms with Crippen LogP contribution >= 0.6 is 0 Å². The molecule has 1 heteroatoms. The molecule has 0 aromatic carbocycles. The third kappa shape index (κ3) is 0.992. The molecule has 0 amide bonds. The molecular formula is C8H8O. The van der Waals surface area contributed by atoms with Gasteiger partial charge in [-0.1, -0.05) is 24.3 Å². The molecule has 0 aromatic heterocycles. The van der Waals surface area contributed by atoms with Crippen LogP contribution in [0.4, 0.5) is 0 Å². The predicted molar refractivity (Wildman–Crippen MR) is 37.2 cm³/mol. The summed E-state index contributed by atoms with van der Waals surface area (Å²) in [5.41, 5.74) is 2.85. The second kappa shape index (κ2) is 2.44. The third-order valence-electron chi connectivity index (χ3n) is 1.22. The van der Waals surface area contributed by atoms with Crippen LogP contribution in [0.2, 0.25) is 0 Å². The number of aldehydes is 1. The lowest BCUT2D eigenvalue weighted by atomic mass is 9.95. The molecule has 1 nitrogen and oxygen atoms in total. The Bertz CT molecular complexity index is 177. The van der Waals surface area contributed by atoms with E-state index in [2.05, 4.69) is 24.3 Å². The molecule has 0 saturated carbocycles. The SMILES string of the molecule is CC=O.c1cc2ccc1-2. The van der Waals surface area contributed by atoms with Gasteiger partial charge in [0, 0.05) is 0 Å². The summed E-state index contributed by atoms with van der Waals surface area (Å²) in [6, 6.07) is 8.48. The fraction of sp³-hybridized carbons (Fsp3) is 0.125. The summed E-state index contributed by atoms with van der Waals surface area (Å²) >= 11 is 0. The number of carbonyl (C=O) groups is 1. The average Bonchev–Trinajstić information content (AvgIpc) is 1.81. The van der Waals surface area contributed by atoms with Gasteiger partial charge in [0.25, 0.3) is 0 Å². The van der Waals surface area contributed by atoms with Gasteiger partial charge in [0.05, 0.1) is 0 Å². The first-order valence-electron chi connectivity index (χ1n) is 2.88. The van der Waals surface area contributed by atoms with Crippen LogP contribution < -0.4 is 0 Å². The Morgan fingerprint density at radius 3 is 1.33 bits per heavy atom. The number of carbonyl (C=O) groups excluding carboxylic acids is 1. The highest BCUT2D eigenvalue weighted by Crippen LogP contribution is 2.29. The molecule has 2 rings (SSSR count). The molecule has 0 heterocycles. The van der Waals surface area contributed by atoms with E-state index in [1.807, 2.05) is 0 Å². The van der Waals surface area contributed by atoms with Gasteiger partial charge >= 0.3 is 0 Å². The predicted octanol–water partition coefficient (Wildman–Crippen LogP) is 1.87. The summed E-state index contributed by atoms with van der Waals surface area (Å²) in [6.07, 6.45) is 0.750. The minimum atomic E-state index is 0.750. The van der Waals surface area contributed by atoms with Crippen molar-refractivity contribution in [3.63, 3.8) is 0 Å². The van der Waals surface area contributed by atoms with Crippen molar-refractivity contribution in [2.45, 2.75) is 6.92 Å².